The van der Waals surface area contributed by atoms with Crippen molar-refractivity contribution in [2.75, 3.05) is 13.7 Å². The fourth-order valence-electron chi connectivity index (χ4n) is 1.60. The number of ether oxygens (including phenoxy) is 2. The van der Waals surface area contributed by atoms with Gasteiger partial charge in [-0.05, 0) is 12.1 Å². The Hall–Kier alpha value is -1.55. The van der Waals surface area contributed by atoms with Crippen LogP contribution in [-0.4, -0.2) is 25.5 Å². The number of Topliss-reactive ketones (excluding diaryl/α,β-unsaturated/α-hetero) is 1. The molecule has 4 nitrogen and oxygen atoms in total. The van der Waals surface area contributed by atoms with Gasteiger partial charge >= 0.3 is 5.97 Å². The van der Waals surface area contributed by atoms with Crippen molar-refractivity contribution < 1.29 is 19.1 Å². The zero-order chi connectivity index (χ0) is 11.7. The highest BCUT2D eigenvalue weighted by atomic mass is 35.5. The van der Waals surface area contributed by atoms with Crippen molar-refractivity contribution in [3.05, 3.63) is 28.3 Å². The van der Waals surface area contributed by atoms with Gasteiger partial charge in [-0.2, -0.15) is 0 Å². The summed E-state index contributed by atoms with van der Waals surface area (Å²) in [5.74, 6) is -0.366. The van der Waals surface area contributed by atoms with Crippen LogP contribution in [0.4, 0.5) is 0 Å². The smallest absolute Gasteiger partial charge is 0.341 e. The molecule has 0 unspecified atom stereocenters. The van der Waals surface area contributed by atoms with E-state index >= 15 is 0 Å². The van der Waals surface area contributed by atoms with Gasteiger partial charge in [0, 0.05) is 11.4 Å². The van der Waals surface area contributed by atoms with E-state index in [1.165, 1.54) is 19.2 Å². The molecule has 1 aromatic rings. The first-order valence-electron chi connectivity index (χ1n) is 4.71. The summed E-state index contributed by atoms with van der Waals surface area (Å²) in [6.45, 7) is 0.275. The first-order chi connectivity index (χ1) is 7.63. The van der Waals surface area contributed by atoms with E-state index in [1.807, 2.05) is 0 Å². The van der Waals surface area contributed by atoms with Crippen LogP contribution >= 0.6 is 11.6 Å². The molecule has 1 aromatic carbocycles. The second-order valence-corrected chi connectivity index (χ2v) is 3.78. The van der Waals surface area contributed by atoms with Crippen molar-refractivity contribution in [1.82, 2.24) is 0 Å². The summed E-state index contributed by atoms with van der Waals surface area (Å²) in [4.78, 5) is 23.1. The molecule has 0 N–H and O–H groups in total. The van der Waals surface area contributed by atoms with Gasteiger partial charge in [-0.1, -0.05) is 11.6 Å². The van der Waals surface area contributed by atoms with Crippen molar-refractivity contribution in [2.24, 2.45) is 0 Å². The van der Waals surface area contributed by atoms with E-state index in [-0.39, 0.29) is 23.7 Å². The molecular weight excluding hydrogens is 232 g/mol. The van der Waals surface area contributed by atoms with Gasteiger partial charge in [0.05, 0.1) is 19.3 Å². The largest absolute Gasteiger partial charge is 0.491 e. The minimum absolute atomic E-state index is 0.0751. The predicted octanol–water partition coefficient (Wildman–Crippen LogP) is 2.09. The summed E-state index contributed by atoms with van der Waals surface area (Å²) in [5, 5.41) is 0.318. The Labute approximate surface area is 97.1 Å². The van der Waals surface area contributed by atoms with E-state index in [0.717, 1.165) is 0 Å². The van der Waals surface area contributed by atoms with E-state index in [9.17, 15) is 9.59 Å². The molecule has 0 atom stereocenters. The number of halogens is 1. The first-order valence-corrected chi connectivity index (χ1v) is 5.09. The van der Waals surface area contributed by atoms with Crippen molar-refractivity contribution in [2.45, 2.75) is 6.42 Å². The fraction of sp³-hybridized carbons (Fsp3) is 0.273. The van der Waals surface area contributed by atoms with E-state index < -0.39 is 5.97 Å². The average Bonchev–Trinajstić information content (AvgIpc) is 2.28. The van der Waals surface area contributed by atoms with Crippen LogP contribution in [0.3, 0.4) is 0 Å². The van der Waals surface area contributed by atoms with Crippen LogP contribution in [0.5, 0.6) is 5.75 Å². The Morgan fingerprint density at radius 2 is 2.25 bits per heavy atom. The number of ketones is 1. The van der Waals surface area contributed by atoms with Gasteiger partial charge in [-0.3, -0.25) is 4.79 Å². The molecule has 16 heavy (non-hydrogen) atoms. The van der Waals surface area contributed by atoms with Crippen molar-refractivity contribution in [1.29, 1.82) is 0 Å². The third kappa shape index (κ3) is 1.76. The number of carbonyl (C=O) groups is 2. The van der Waals surface area contributed by atoms with Gasteiger partial charge in [-0.15, -0.1) is 0 Å². The maximum atomic E-state index is 11.6. The summed E-state index contributed by atoms with van der Waals surface area (Å²) in [7, 11) is 1.26. The number of methoxy groups -OCH3 is 1. The number of hydrogen-bond acceptors (Lipinski definition) is 4. The maximum Gasteiger partial charge on any atom is 0.341 e. The molecule has 0 bridgehead atoms. The Kier molecular flexibility index (Phi) is 2.83. The van der Waals surface area contributed by atoms with Crippen LogP contribution in [0.15, 0.2) is 12.1 Å². The number of esters is 1. The molecule has 0 spiro atoms. The highest BCUT2D eigenvalue weighted by Gasteiger charge is 2.25. The molecule has 0 aliphatic carbocycles. The van der Waals surface area contributed by atoms with Crippen LogP contribution in [0.1, 0.15) is 27.1 Å². The number of benzene rings is 1. The quantitative estimate of drug-likeness (QED) is 0.706. The second-order valence-electron chi connectivity index (χ2n) is 3.34. The lowest BCUT2D eigenvalue weighted by molar-refractivity contribution is 0.0595. The van der Waals surface area contributed by atoms with E-state index in [2.05, 4.69) is 4.74 Å². The summed E-state index contributed by atoms with van der Waals surface area (Å²) >= 11 is 5.83. The molecule has 1 aliphatic rings. The van der Waals surface area contributed by atoms with Crippen molar-refractivity contribution in [3.63, 3.8) is 0 Å². The number of hydrogen-bond donors (Lipinski definition) is 0. The molecule has 0 aromatic heterocycles. The first kappa shape index (κ1) is 11.0. The predicted molar refractivity (Wildman–Crippen MR) is 57.2 cm³/mol. The lowest BCUT2D eigenvalue weighted by atomic mass is 10.0. The topological polar surface area (TPSA) is 52.6 Å². The lowest BCUT2D eigenvalue weighted by Crippen LogP contribution is -2.18. The Balaban J connectivity index is 2.61. The van der Waals surface area contributed by atoms with E-state index in [4.69, 9.17) is 16.3 Å². The highest BCUT2D eigenvalue weighted by Crippen LogP contribution is 2.32. The summed E-state index contributed by atoms with van der Waals surface area (Å²) < 4.78 is 9.93. The van der Waals surface area contributed by atoms with Gasteiger partial charge in [0.15, 0.2) is 5.78 Å². The van der Waals surface area contributed by atoms with Crippen molar-refractivity contribution >= 4 is 23.4 Å². The Bertz CT molecular complexity index is 467. The molecule has 2 rings (SSSR count). The average molecular weight is 241 g/mol. The Morgan fingerprint density at radius 1 is 1.50 bits per heavy atom. The van der Waals surface area contributed by atoms with Crippen LogP contribution in [-0.2, 0) is 4.74 Å². The third-order valence-electron chi connectivity index (χ3n) is 2.33. The maximum absolute atomic E-state index is 11.6. The molecule has 0 saturated carbocycles. The summed E-state index contributed by atoms with van der Waals surface area (Å²) in [6, 6.07) is 2.94. The Morgan fingerprint density at radius 3 is 2.94 bits per heavy atom. The second kappa shape index (κ2) is 4.14. The molecule has 0 amide bonds. The van der Waals surface area contributed by atoms with Crippen LogP contribution in [0.25, 0.3) is 0 Å². The molecule has 84 valence electrons. The molecular formula is C11H9ClO4. The number of rotatable bonds is 1. The number of fused-ring (bicyclic) bond motifs is 1. The SMILES string of the molecule is COC(=O)c1cc(Cl)cc2c1OCCC2=O. The zero-order valence-corrected chi connectivity index (χ0v) is 9.34. The molecule has 0 radical (unpaired) electrons. The standard InChI is InChI=1S/C11H9ClO4/c1-15-11(14)8-5-6(12)4-7-9(13)2-3-16-10(7)8/h4-5H,2-3H2,1H3. The summed E-state index contributed by atoms with van der Waals surface area (Å²) in [6.07, 6.45) is 0.300. The van der Waals surface area contributed by atoms with Gasteiger partial charge in [-0.25, -0.2) is 4.79 Å². The van der Waals surface area contributed by atoms with Gasteiger partial charge in [0.25, 0.3) is 0 Å². The monoisotopic (exact) mass is 240 g/mol. The third-order valence-corrected chi connectivity index (χ3v) is 2.55. The normalized spacial score (nSPS) is 14.0. The molecule has 0 fully saturated rings. The van der Waals surface area contributed by atoms with Gasteiger partial charge in [0.1, 0.15) is 11.3 Å². The van der Waals surface area contributed by atoms with Gasteiger partial charge in [0.2, 0.25) is 0 Å². The minimum atomic E-state index is -0.562. The molecule has 5 heteroatoms. The summed E-state index contributed by atoms with van der Waals surface area (Å²) in [5.41, 5.74) is 0.539. The van der Waals surface area contributed by atoms with Crippen LogP contribution in [0, 0.1) is 0 Å². The minimum Gasteiger partial charge on any atom is -0.491 e. The van der Waals surface area contributed by atoms with E-state index in [1.54, 1.807) is 0 Å². The molecule has 1 heterocycles. The lowest BCUT2D eigenvalue weighted by Gasteiger charge is -2.18. The molecule has 0 saturated heterocycles. The zero-order valence-electron chi connectivity index (χ0n) is 8.58. The van der Waals surface area contributed by atoms with Crippen LogP contribution < -0.4 is 4.74 Å². The fourth-order valence-corrected chi connectivity index (χ4v) is 1.82. The van der Waals surface area contributed by atoms with E-state index in [0.29, 0.717) is 17.0 Å². The van der Waals surface area contributed by atoms with Gasteiger partial charge < -0.3 is 9.47 Å². The number of carbonyl (C=O) groups excluding carboxylic acids is 2. The van der Waals surface area contributed by atoms with Crippen molar-refractivity contribution in [3.8, 4) is 5.75 Å². The highest BCUT2D eigenvalue weighted by molar-refractivity contribution is 6.31. The van der Waals surface area contributed by atoms with Crippen LogP contribution in [0.2, 0.25) is 5.02 Å². The molecule has 1 aliphatic heterocycles.